The lowest BCUT2D eigenvalue weighted by molar-refractivity contribution is -0.132. The van der Waals surface area contributed by atoms with Gasteiger partial charge in [0.15, 0.2) is 11.5 Å². The van der Waals surface area contributed by atoms with Crippen molar-refractivity contribution in [2.24, 2.45) is 0 Å². The van der Waals surface area contributed by atoms with E-state index in [-0.39, 0.29) is 18.5 Å². The van der Waals surface area contributed by atoms with Crippen molar-refractivity contribution in [1.82, 2.24) is 9.80 Å². The lowest BCUT2D eigenvalue weighted by atomic mass is 10.1. The van der Waals surface area contributed by atoms with Crippen LogP contribution in [0.3, 0.4) is 0 Å². The molecule has 0 aliphatic rings. The predicted octanol–water partition coefficient (Wildman–Crippen LogP) is 6.89. The molecule has 0 bridgehead atoms. The van der Waals surface area contributed by atoms with Gasteiger partial charge >= 0.3 is 6.03 Å². The summed E-state index contributed by atoms with van der Waals surface area (Å²) in [5.74, 6) is 1.15. The number of hydrogen-bond donors (Lipinski definition) is 1. The Morgan fingerprint density at radius 3 is 2.32 bits per heavy atom. The van der Waals surface area contributed by atoms with Crippen LogP contribution in [0.2, 0.25) is 10.0 Å². The number of benzene rings is 2. The van der Waals surface area contributed by atoms with Crippen molar-refractivity contribution in [2.45, 2.75) is 39.8 Å². The molecule has 3 rings (SSSR count). The van der Waals surface area contributed by atoms with Gasteiger partial charge in [-0.25, -0.2) is 4.79 Å². The number of carbonyl (C=O) groups excluding carboxylic acids is 2. The summed E-state index contributed by atoms with van der Waals surface area (Å²) in [6.07, 6.45) is 0.619. The molecular weight excluding hydrogens is 545 g/mol. The zero-order valence-corrected chi connectivity index (χ0v) is 24.5. The summed E-state index contributed by atoms with van der Waals surface area (Å²) in [6.45, 7) is 6.66. The summed E-state index contributed by atoms with van der Waals surface area (Å²) >= 11 is 13.7. The number of halogens is 2. The molecule has 3 aromatic rings. The lowest BCUT2D eigenvalue weighted by Gasteiger charge is -2.30. The highest BCUT2D eigenvalue weighted by Crippen LogP contribution is 2.28. The third-order valence-corrected chi connectivity index (χ3v) is 7.70. The van der Waals surface area contributed by atoms with Crippen molar-refractivity contribution in [2.75, 3.05) is 32.6 Å². The second-order valence-corrected chi connectivity index (χ2v) is 11.2. The summed E-state index contributed by atoms with van der Waals surface area (Å²) in [5, 5.41) is 3.55. The molecular formula is C28H33Cl2N3O4S. The minimum absolute atomic E-state index is 0.0683. The SMILES string of the molecule is COc1ccc(CCN(Cc2ccc(C)s2)C(=O)CN(C(=O)Nc2ccc(Cl)c(Cl)c2)C(C)C)cc1OC. The Hall–Kier alpha value is -2.94. The van der Waals surface area contributed by atoms with E-state index in [4.69, 9.17) is 32.7 Å². The van der Waals surface area contributed by atoms with Gasteiger partial charge in [0.05, 0.1) is 30.8 Å². The van der Waals surface area contributed by atoms with E-state index in [9.17, 15) is 9.59 Å². The molecule has 0 radical (unpaired) electrons. The monoisotopic (exact) mass is 577 g/mol. The largest absolute Gasteiger partial charge is 0.493 e. The van der Waals surface area contributed by atoms with E-state index in [1.807, 2.05) is 51.1 Å². The molecule has 0 atom stereocenters. The molecule has 38 heavy (non-hydrogen) atoms. The van der Waals surface area contributed by atoms with Crippen LogP contribution in [-0.2, 0) is 17.8 Å². The average molecular weight is 579 g/mol. The number of amides is 3. The van der Waals surface area contributed by atoms with E-state index in [1.54, 1.807) is 48.7 Å². The summed E-state index contributed by atoms with van der Waals surface area (Å²) < 4.78 is 10.8. The predicted molar refractivity (Wildman–Crippen MR) is 155 cm³/mol. The Labute approximate surface area is 238 Å². The smallest absolute Gasteiger partial charge is 0.322 e. The zero-order chi connectivity index (χ0) is 27.8. The van der Waals surface area contributed by atoms with Gasteiger partial charge in [0.25, 0.3) is 0 Å². The number of ether oxygens (including phenoxy) is 2. The molecule has 0 saturated heterocycles. The topological polar surface area (TPSA) is 71.1 Å². The van der Waals surface area contributed by atoms with E-state index >= 15 is 0 Å². The Kier molecular flexibility index (Phi) is 10.7. The van der Waals surface area contributed by atoms with Gasteiger partial charge < -0.3 is 24.6 Å². The number of aryl methyl sites for hydroxylation is 1. The fraction of sp³-hybridized carbons (Fsp3) is 0.357. The molecule has 1 aromatic heterocycles. The number of methoxy groups -OCH3 is 2. The normalized spacial score (nSPS) is 10.8. The number of nitrogens with zero attached hydrogens (tertiary/aromatic N) is 2. The van der Waals surface area contributed by atoms with Crippen molar-refractivity contribution in [1.29, 1.82) is 0 Å². The van der Waals surface area contributed by atoms with E-state index in [0.717, 1.165) is 10.4 Å². The maximum absolute atomic E-state index is 13.6. The number of nitrogens with one attached hydrogen (secondary N) is 1. The van der Waals surface area contributed by atoms with Gasteiger partial charge in [-0.1, -0.05) is 29.3 Å². The number of thiophene rings is 1. The molecule has 2 aromatic carbocycles. The third kappa shape index (κ3) is 8.03. The first kappa shape index (κ1) is 29.6. The van der Waals surface area contributed by atoms with Crippen LogP contribution in [0.4, 0.5) is 10.5 Å². The van der Waals surface area contributed by atoms with Crippen LogP contribution in [0.25, 0.3) is 0 Å². The summed E-state index contributed by atoms with van der Waals surface area (Å²) in [7, 11) is 3.19. The van der Waals surface area contributed by atoms with E-state index in [0.29, 0.717) is 46.7 Å². The summed E-state index contributed by atoms with van der Waals surface area (Å²) in [4.78, 5) is 32.3. The molecule has 0 saturated carbocycles. The van der Waals surface area contributed by atoms with Crippen molar-refractivity contribution in [3.8, 4) is 11.5 Å². The highest BCUT2D eigenvalue weighted by atomic mass is 35.5. The van der Waals surface area contributed by atoms with E-state index in [2.05, 4.69) is 5.32 Å². The molecule has 1 N–H and O–H groups in total. The zero-order valence-electron chi connectivity index (χ0n) is 22.2. The highest BCUT2D eigenvalue weighted by Gasteiger charge is 2.24. The molecule has 0 fully saturated rings. The van der Waals surface area contributed by atoms with Crippen LogP contribution in [0, 0.1) is 6.92 Å². The van der Waals surface area contributed by atoms with Gasteiger partial charge in [0.2, 0.25) is 5.91 Å². The van der Waals surface area contributed by atoms with E-state index in [1.165, 1.54) is 9.78 Å². The molecule has 3 amide bonds. The Morgan fingerprint density at radius 1 is 0.974 bits per heavy atom. The molecule has 0 spiro atoms. The Balaban J connectivity index is 1.76. The first-order valence-electron chi connectivity index (χ1n) is 12.2. The van der Waals surface area contributed by atoms with Gasteiger partial charge in [-0.15, -0.1) is 11.3 Å². The van der Waals surface area contributed by atoms with Crippen LogP contribution in [0.1, 0.15) is 29.2 Å². The molecule has 204 valence electrons. The van der Waals surface area contributed by atoms with Crippen molar-refractivity contribution in [3.63, 3.8) is 0 Å². The van der Waals surface area contributed by atoms with Gasteiger partial charge in [-0.05, 0) is 75.2 Å². The van der Waals surface area contributed by atoms with Crippen LogP contribution < -0.4 is 14.8 Å². The van der Waals surface area contributed by atoms with Crippen LogP contribution in [0.15, 0.2) is 48.5 Å². The fourth-order valence-corrected chi connectivity index (χ4v) is 5.06. The molecule has 0 aliphatic carbocycles. The second kappa shape index (κ2) is 13.7. The number of rotatable bonds is 11. The van der Waals surface area contributed by atoms with Gasteiger partial charge in [0, 0.05) is 28.0 Å². The fourth-order valence-electron chi connectivity index (χ4n) is 3.85. The van der Waals surface area contributed by atoms with Crippen LogP contribution in [-0.4, -0.2) is 55.1 Å². The maximum atomic E-state index is 13.6. The maximum Gasteiger partial charge on any atom is 0.322 e. The van der Waals surface area contributed by atoms with Gasteiger partial charge in [0.1, 0.15) is 6.54 Å². The molecule has 1 heterocycles. The molecule has 10 heteroatoms. The van der Waals surface area contributed by atoms with Crippen molar-refractivity contribution >= 4 is 52.2 Å². The minimum Gasteiger partial charge on any atom is -0.493 e. The standard InChI is InChI=1S/C28H33Cl2N3O4S/c1-18(2)33(28(35)31-21-8-10-23(29)24(30)15-21)17-27(34)32(16-22-9-6-19(3)38-22)13-12-20-7-11-25(36-4)26(14-20)37-5/h6-11,14-15,18H,12-13,16-17H2,1-5H3,(H,31,35). The third-order valence-electron chi connectivity index (χ3n) is 5.97. The minimum atomic E-state index is -0.390. The first-order chi connectivity index (χ1) is 18.1. The average Bonchev–Trinajstić information content (AvgIpc) is 3.30. The van der Waals surface area contributed by atoms with Gasteiger partial charge in [-0.2, -0.15) is 0 Å². The van der Waals surface area contributed by atoms with Crippen molar-refractivity contribution < 1.29 is 19.1 Å². The quantitative estimate of drug-likeness (QED) is 0.269. The highest BCUT2D eigenvalue weighted by molar-refractivity contribution is 7.11. The number of urea groups is 1. The van der Waals surface area contributed by atoms with Crippen LogP contribution >= 0.6 is 34.5 Å². The second-order valence-electron chi connectivity index (χ2n) is 9.05. The molecule has 7 nitrogen and oxygen atoms in total. The number of anilines is 1. The summed E-state index contributed by atoms with van der Waals surface area (Å²) in [5.41, 5.74) is 1.52. The number of hydrogen-bond acceptors (Lipinski definition) is 5. The van der Waals surface area contributed by atoms with Gasteiger partial charge in [-0.3, -0.25) is 4.79 Å². The Morgan fingerprint density at radius 2 is 1.71 bits per heavy atom. The van der Waals surface area contributed by atoms with Crippen LogP contribution in [0.5, 0.6) is 11.5 Å². The molecule has 0 unspecified atom stereocenters. The van der Waals surface area contributed by atoms with Crippen molar-refractivity contribution in [3.05, 3.63) is 73.9 Å². The van der Waals surface area contributed by atoms with E-state index < -0.39 is 6.03 Å². The lowest BCUT2D eigenvalue weighted by Crippen LogP contribution is -2.47. The Bertz CT molecular complexity index is 1260. The summed E-state index contributed by atoms with van der Waals surface area (Å²) in [6, 6.07) is 14.1. The first-order valence-corrected chi connectivity index (χ1v) is 13.7. The molecule has 0 aliphatic heterocycles. The number of carbonyl (C=O) groups is 2.